The summed E-state index contributed by atoms with van der Waals surface area (Å²) in [5, 5.41) is 2.81. The van der Waals surface area contributed by atoms with E-state index in [1.807, 2.05) is 0 Å². The highest BCUT2D eigenvalue weighted by molar-refractivity contribution is 9.10. The van der Waals surface area contributed by atoms with Crippen molar-refractivity contribution in [2.45, 2.75) is 6.18 Å². The second kappa shape index (κ2) is 4.64. The molecule has 1 aromatic heterocycles. The summed E-state index contributed by atoms with van der Waals surface area (Å²) < 4.78 is 39.9. The fraction of sp³-hybridized carbons (Fsp3) is 0.182. The minimum absolute atomic E-state index is 0.0184. The molecule has 0 spiro atoms. The van der Waals surface area contributed by atoms with Crippen LogP contribution in [0.4, 0.5) is 19.1 Å². The zero-order valence-electron chi connectivity index (χ0n) is 9.29. The van der Waals surface area contributed by atoms with E-state index in [4.69, 9.17) is 0 Å². The first-order valence-electron chi connectivity index (χ1n) is 5.01. The SMILES string of the molecule is CNc1nccn1-c1ccc(Br)c(C(F)(F)F)c1. The molecule has 0 bridgehead atoms. The van der Waals surface area contributed by atoms with E-state index in [2.05, 4.69) is 26.2 Å². The molecule has 0 aliphatic carbocycles. The normalized spacial score (nSPS) is 11.6. The maximum atomic E-state index is 12.8. The van der Waals surface area contributed by atoms with Crippen LogP contribution in [0.5, 0.6) is 0 Å². The molecule has 0 saturated heterocycles. The van der Waals surface area contributed by atoms with Crippen molar-refractivity contribution >= 4 is 21.9 Å². The molecule has 18 heavy (non-hydrogen) atoms. The van der Waals surface area contributed by atoms with Gasteiger partial charge >= 0.3 is 6.18 Å². The van der Waals surface area contributed by atoms with Gasteiger partial charge in [-0.25, -0.2) is 4.98 Å². The van der Waals surface area contributed by atoms with E-state index < -0.39 is 11.7 Å². The molecule has 96 valence electrons. The highest BCUT2D eigenvalue weighted by Gasteiger charge is 2.33. The molecule has 0 saturated carbocycles. The van der Waals surface area contributed by atoms with Gasteiger partial charge in [0.2, 0.25) is 5.95 Å². The number of hydrogen-bond donors (Lipinski definition) is 1. The lowest BCUT2D eigenvalue weighted by atomic mass is 10.2. The third-order valence-corrected chi connectivity index (χ3v) is 3.09. The van der Waals surface area contributed by atoms with Crippen LogP contribution in [-0.2, 0) is 6.18 Å². The molecule has 1 heterocycles. The predicted octanol–water partition coefficient (Wildman–Crippen LogP) is 3.70. The molecule has 1 aromatic carbocycles. The minimum Gasteiger partial charge on any atom is -0.358 e. The van der Waals surface area contributed by atoms with Gasteiger partial charge in [-0.05, 0) is 18.2 Å². The summed E-state index contributed by atoms with van der Waals surface area (Å²) in [6.45, 7) is 0. The zero-order valence-corrected chi connectivity index (χ0v) is 10.9. The Morgan fingerprint density at radius 2 is 2.06 bits per heavy atom. The Morgan fingerprint density at radius 1 is 1.33 bits per heavy atom. The van der Waals surface area contributed by atoms with Gasteiger partial charge in [-0.1, -0.05) is 15.9 Å². The number of aromatic nitrogens is 2. The minimum atomic E-state index is -4.39. The first-order chi connectivity index (χ1) is 8.43. The second-order valence-electron chi connectivity index (χ2n) is 3.53. The molecular weight excluding hydrogens is 311 g/mol. The molecule has 0 amide bonds. The lowest BCUT2D eigenvalue weighted by Crippen LogP contribution is -2.08. The molecule has 3 nitrogen and oxygen atoms in total. The summed E-state index contributed by atoms with van der Waals surface area (Å²) in [4.78, 5) is 3.98. The van der Waals surface area contributed by atoms with Crippen LogP contribution in [0.1, 0.15) is 5.56 Å². The number of rotatable bonds is 2. The van der Waals surface area contributed by atoms with Crippen LogP contribution in [0, 0.1) is 0 Å². The number of anilines is 1. The van der Waals surface area contributed by atoms with Crippen molar-refractivity contribution in [1.82, 2.24) is 9.55 Å². The topological polar surface area (TPSA) is 29.9 Å². The van der Waals surface area contributed by atoms with Crippen LogP contribution >= 0.6 is 15.9 Å². The lowest BCUT2D eigenvalue weighted by molar-refractivity contribution is -0.138. The fourth-order valence-corrected chi connectivity index (χ4v) is 2.05. The average molecular weight is 320 g/mol. The molecule has 0 atom stereocenters. The van der Waals surface area contributed by atoms with Crippen LogP contribution < -0.4 is 5.32 Å². The third-order valence-electron chi connectivity index (χ3n) is 2.40. The number of benzene rings is 1. The Kier molecular flexibility index (Phi) is 3.34. The maximum Gasteiger partial charge on any atom is 0.417 e. The molecule has 0 aliphatic rings. The molecule has 7 heteroatoms. The van der Waals surface area contributed by atoms with Gasteiger partial charge < -0.3 is 5.32 Å². The van der Waals surface area contributed by atoms with E-state index in [-0.39, 0.29) is 4.47 Å². The summed E-state index contributed by atoms with van der Waals surface area (Å²) >= 11 is 2.90. The molecule has 0 radical (unpaired) electrons. The largest absolute Gasteiger partial charge is 0.417 e. The van der Waals surface area contributed by atoms with E-state index in [0.29, 0.717) is 11.6 Å². The van der Waals surface area contributed by atoms with Gasteiger partial charge in [0.1, 0.15) is 0 Å². The molecule has 1 N–H and O–H groups in total. The number of alkyl halides is 3. The van der Waals surface area contributed by atoms with Crippen molar-refractivity contribution in [3.05, 3.63) is 40.6 Å². The van der Waals surface area contributed by atoms with E-state index in [9.17, 15) is 13.2 Å². The molecule has 0 unspecified atom stereocenters. The second-order valence-corrected chi connectivity index (χ2v) is 4.39. The highest BCUT2D eigenvalue weighted by atomic mass is 79.9. The van der Waals surface area contributed by atoms with E-state index >= 15 is 0 Å². The first-order valence-corrected chi connectivity index (χ1v) is 5.81. The van der Waals surface area contributed by atoms with Crippen LogP contribution in [0.3, 0.4) is 0 Å². The molecule has 0 fully saturated rings. The van der Waals surface area contributed by atoms with Crippen LogP contribution in [0.15, 0.2) is 35.1 Å². The molecular formula is C11H9BrF3N3. The Hall–Kier alpha value is -1.50. The van der Waals surface area contributed by atoms with Crippen molar-refractivity contribution in [3.8, 4) is 5.69 Å². The van der Waals surface area contributed by atoms with Crippen LogP contribution in [-0.4, -0.2) is 16.6 Å². The van der Waals surface area contributed by atoms with Gasteiger partial charge in [0, 0.05) is 29.6 Å². The summed E-state index contributed by atoms with van der Waals surface area (Å²) in [5.74, 6) is 0.477. The standard InChI is InChI=1S/C11H9BrF3N3/c1-16-10-17-4-5-18(10)7-2-3-9(12)8(6-7)11(13,14)15/h2-6H,1H3,(H,16,17). The lowest BCUT2D eigenvalue weighted by Gasteiger charge is -2.13. The number of nitrogens with one attached hydrogen (secondary N) is 1. The summed E-state index contributed by atoms with van der Waals surface area (Å²) in [5.41, 5.74) is -0.317. The summed E-state index contributed by atoms with van der Waals surface area (Å²) in [6.07, 6.45) is -1.29. The van der Waals surface area contributed by atoms with Crippen molar-refractivity contribution in [2.75, 3.05) is 12.4 Å². The fourth-order valence-electron chi connectivity index (χ4n) is 1.58. The average Bonchev–Trinajstić information content (AvgIpc) is 2.76. The molecule has 2 aromatic rings. The van der Waals surface area contributed by atoms with Crippen molar-refractivity contribution < 1.29 is 13.2 Å². The predicted molar refractivity (Wildman–Crippen MR) is 65.8 cm³/mol. The van der Waals surface area contributed by atoms with E-state index in [0.717, 1.165) is 6.07 Å². The summed E-state index contributed by atoms with van der Waals surface area (Å²) in [7, 11) is 1.66. The Balaban J connectivity index is 2.54. The third kappa shape index (κ3) is 2.35. The van der Waals surface area contributed by atoms with Gasteiger partial charge in [0.25, 0.3) is 0 Å². The van der Waals surface area contributed by atoms with E-state index in [1.165, 1.54) is 12.3 Å². The van der Waals surface area contributed by atoms with Crippen LogP contribution in [0.25, 0.3) is 5.69 Å². The van der Waals surface area contributed by atoms with Gasteiger partial charge in [0.05, 0.1) is 5.56 Å². The zero-order chi connectivity index (χ0) is 13.3. The Morgan fingerprint density at radius 3 is 2.67 bits per heavy atom. The van der Waals surface area contributed by atoms with Gasteiger partial charge in [0.15, 0.2) is 0 Å². The van der Waals surface area contributed by atoms with Crippen molar-refractivity contribution in [2.24, 2.45) is 0 Å². The van der Waals surface area contributed by atoms with Gasteiger partial charge in [-0.2, -0.15) is 13.2 Å². The summed E-state index contributed by atoms with van der Waals surface area (Å²) in [6, 6.07) is 4.03. The Labute approximate surface area is 110 Å². The van der Waals surface area contributed by atoms with Crippen molar-refractivity contribution in [1.29, 1.82) is 0 Å². The van der Waals surface area contributed by atoms with E-state index in [1.54, 1.807) is 23.9 Å². The first kappa shape index (κ1) is 12.9. The highest BCUT2D eigenvalue weighted by Crippen LogP contribution is 2.36. The molecule has 0 aliphatic heterocycles. The van der Waals surface area contributed by atoms with Gasteiger partial charge in [-0.3, -0.25) is 4.57 Å². The quantitative estimate of drug-likeness (QED) is 0.914. The number of nitrogens with zero attached hydrogens (tertiary/aromatic N) is 2. The Bertz CT molecular complexity index is 563. The number of imidazole rings is 1. The van der Waals surface area contributed by atoms with Gasteiger partial charge in [-0.15, -0.1) is 0 Å². The van der Waals surface area contributed by atoms with Crippen LogP contribution in [0.2, 0.25) is 0 Å². The van der Waals surface area contributed by atoms with Crippen molar-refractivity contribution in [3.63, 3.8) is 0 Å². The maximum absolute atomic E-state index is 12.8. The smallest absolute Gasteiger partial charge is 0.358 e. The monoisotopic (exact) mass is 319 g/mol. The number of hydrogen-bond acceptors (Lipinski definition) is 2. The number of halogens is 4. The molecule has 2 rings (SSSR count).